The lowest BCUT2D eigenvalue weighted by molar-refractivity contribution is 0.0290. The monoisotopic (exact) mass is 306 g/mol. The van der Waals surface area contributed by atoms with Gasteiger partial charge in [-0.25, -0.2) is 0 Å². The molecule has 3 rings (SSSR count). The highest BCUT2D eigenvalue weighted by Crippen LogP contribution is 2.08. The van der Waals surface area contributed by atoms with Crippen LogP contribution >= 0.6 is 0 Å². The lowest BCUT2D eigenvalue weighted by Gasteiger charge is -2.27. The lowest BCUT2D eigenvalue weighted by Crippen LogP contribution is -2.42. The summed E-state index contributed by atoms with van der Waals surface area (Å²) in [5, 5.41) is 7.82. The van der Waals surface area contributed by atoms with E-state index in [1.54, 1.807) is 21.9 Å². The predicted octanol–water partition coefficient (Wildman–Crippen LogP) is -0.579. The Kier molecular flexibility index (Phi) is 4.59. The molecule has 22 heavy (non-hydrogen) atoms. The zero-order valence-electron chi connectivity index (χ0n) is 12.2. The molecule has 0 spiro atoms. The molecule has 0 radical (unpaired) electrons. The van der Waals surface area contributed by atoms with Crippen molar-refractivity contribution in [3.63, 3.8) is 0 Å². The molecule has 8 nitrogen and oxygen atoms in total. The predicted molar refractivity (Wildman–Crippen MR) is 75.5 cm³/mol. The number of hydrogen-bond donors (Lipinski definition) is 0. The van der Waals surface area contributed by atoms with Crippen LogP contribution in [0.2, 0.25) is 0 Å². The summed E-state index contributed by atoms with van der Waals surface area (Å²) >= 11 is 0. The second kappa shape index (κ2) is 6.80. The molecule has 2 aliphatic rings. The van der Waals surface area contributed by atoms with Crippen molar-refractivity contribution in [3.05, 3.63) is 23.5 Å². The van der Waals surface area contributed by atoms with Crippen LogP contribution in [0, 0.1) is 0 Å². The molecule has 0 aromatic carbocycles. The van der Waals surface area contributed by atoms with Crippen LogP contribution in [0.3, 0.4) is 0 Å². The van der Waals surface area contributed by atoms with E-state index in [-0.39, 0.29) is 23.2 Å². The molecule has 0 bridgehead atoms. The van der Waals surface area contributed by atoms with Crippen LogP contribution in [0.1, 0.15) is 21.0 Å². The topological polar surface area (TPSA) is 84.9 Å². The molecule has 0 N–H and O–H groups in total. The van der Waals surface area contributed by atoms with Gasteiger partial charge in [0.2, 0.25) is 0 Å². The summed E-state index contributed by atoms with van der Waals surface area (Å²) < 4.78 is 10.4. The van der Waals surface area contributed by atoms with Crippen molar-refractivity contribution in [2.75, 3.05) is 52.6 Å². The molecular weight excluding hydrogens is 288 g/mol. The van der Waals surface area contributed by atoms with E-state index in [2.05, 4.69) is 10.2 Å². The highest BCUT2D eigenvalue weighted by molar-refractivity contribution is 5.94. The summed E-state index contributed by atoms with van der Waals surface area (Å²) in [7, 11) is 0. The Bertz CT molecular complexity index is 487. The van der Waals surface area contributed by atoms with Crippen molar-refractivity contribution >= 4 is 11.8 Å². The SMILES string of the molecule is O=C(c1ccc(C(=O)N2CCOCC2)nn1)N1CCOCC1. The standard InChI is InChI=1S/C14H18N4O4/c19-13(17-3-7-21-8-4-17)11-1-2-12(16-15-11)14(20)18-5-9-22-10-6-18/h1-2H,3-10H2. The zero-order valence-corrected chi connectivity index (χ0v) is 12.2. The number of morpholine rings is 2. The van der Waals surface area contributed by atoms with Crippen LogP contribution in [-0.4, -0.2) is 84.4 Å². The third-order valence-electron chi connectivity index (χ3n) is 3.70. The number of amides is 2. The smallest absolute Gasteiger partial charge is 0.274 e. The van der Waals surface area contributed by atoms with Gasteiger partial charge in [0.25, 0.3) is 11.8 Å². The molecule has 0 saturated carbocycles. The molecule has 3 heterocycles. The van der Waals surface area contributed by atoms with E-state index in [0.717, 1.165) is 0 Å². The first kappa shape index (κ1) is 14.9. The van der Waals surface area contributed by atoms with Crippen molar-refractivity contribution in [2.45, 2.75) is 0 Å². The van der Waals surface area contributed by atoms with Gasteiger partial charge in [-0.05, 0) is 12.1 Å². The van der Waals surface area contributed by atoms with Crippen molar-refractivity contribution in [3.8, 4) is 0 Å². The third kappa shape index (κ3) is 3.23. The first-order valence-corrected chi connectivity index (χ1v) is 7.33. The van der Waals surface area contributed by atoms with E-state index in [1.165, 1.54) is 0 Å². The fourth-order valence-electron chi connectivity index (χ4n) is 2.42. The largest absolute Gasteiger partial charge is 0.378 e. The normalized spacial score (nSPS) is 19.1. The summed E-state index contributed by atoms with van der Waals surface area (Å²) in [4.78, 5) is 27.8. The Hall–Kier alpha value is -2.06. The maximum Gasteiger partial charge on any atom is 0.274 e. The van der Waals surface area contributed by atoms with Gasteiger partial charge in [-0.2, -0.15) is 0 Å². The Morgan fingerprint density at radius 1 is 0.773 bits per heavy atom. The lowest BCUT2D eigenvalue weighted by atomic mass is 10.2. The number of rotatable bonds is 2. The zero-order chi connectivity index (χ0) is 15.4. The van der Waals surface area contributed by atoms with Crippen molar-refractivity contribution in [1.82, 2.24) is 20.0 Å². The van der Waals surface area contributed by atoms with Crippen molar-refractivity contribution < 1.29 is 19.1 Å². The van der Waals surface area contributed by atoms with E-state index >= 15 is 0 Å². The van der Waals surface area contributed by atoms with Crippen LogP contribution in [-0.2, 0) is 9.47 Å². The Labute approximate surface area is 128 Å². The van der Waals surface area contributed by atoms with Crippen LogP contribution in [0.5, 0.6) is 0 Å². The van der Waals surface area contributed by atoms with Gasteiger partial charge >= 0.3 is 0 Å². The molecule has 0 atom stereocenters. The van der Waals surface area contributed by atoms with Crippen LogP contribution < -0.4 is 0 Å². The minimum atomic E-state index is -0.179. The summed E-state index contributed by atoms with van der Waals surface area (Å²) in [6.45, 7) is 4.34. The summed E-state index contributed by atoms with van der Waals surface area (Å²) in [6.07, 6.45) is 0. The van der Waals surface area contributed by atoms with Gasteiger partial charge in [-0.15, -0.1) is 10.2 Å². The quantitative estimate of drug-likeness (QED) is 0.727. The van der Waals surface area contributed by atoms with Crippen LogP contribution in [0.4, 0.5) is 0 Å². The molecular formula is C14H18N4O4. The number of carbonyl (C=O) groups is 2. The number of aromatic nitrogens is 2. The molecule has 8 heteroatoms. The Morgan fingerprint density at radius 2 is 1.14 bits per heavy atom. The van der Waals surface area contributed by atoms with Crippen molar-refractivity contribution in [2.24, 2.45) is 0 Å². The second-order valence-electron chi connectivity index (χ2n) is 5.11. The highest BCUT2D eigenvalue weighted by Gasteiger charge is 2.23. The number of carbonyl (C=O) groups excluding carboxylic acids is 2. The van der Waals surface area contributed by atoms with Gasteiger partial charge in [0.1, 0.15) is 0 Å². The molecule has 0 aliphatic carbocycles. The fraction of sp³-hybridized carbons (Fsp3) is 0.571. The maximum atomic E-state index is 12.2. The minimum Gasteiger partial charge on any atom is -0.378 e. The van der Waals surface area contributed by atoms with Gasteiger partial charge in [0.15, 0.2) is 11.4 Å². The van der Waals surface area contributed by atoms with E-state index in [4.69, 9.17) is 9.47 Å². The third-order valence-corrected chi connectivity index (χ3v) is 3.70. The van der Waals surface area contributed by atoms with Gasteiger partial charge in [-0.1, -0.05) is 0 Å². The van der Waals surface area contributed by atoms with E-state index in [0.29, 0.717) is 52.6 Å². The minimum absolute atomic E-state index is 0.179. The van der Waals surface area contributed by atoms with E-state index in [9.17, 15) is 9.59 Å². The maximum absolute atomic E-state index is 12.2. The highest BCUT2D eigenvalue weighted by atomic mass is 16.5. The Morgan fingerprint density at radius 3 is 1.45 bits per heavy atom. The van der Waals surface area contributed by atoms with Gasteiger partial charge in [-0.3, -0.25) is 9.59 Å². The molecule has 0 unspecified atom stereocenters. The summed E-state index contributed by atoms with van der Waals surface area (Å²) in [6, 6.07) is 3.11. The second-order valence-corrected chi connectivity index (χ2v) is 5.11. The van der Waals surface area contributed by atoms with Gasteiger partial charge in [0, 0.05) is 26.2 Å². The molecule has 2 saturated heterocycles. The van der Waals surface area contributed by atoms with E-state index in [1.807, 2.05) is 0 Å². The summed E-state index contributed by atoms with van der Waals surface area (Å²) in [5.74, 6) is -0.359. The average molecular weight is 306 g/mol. The molecule has 2 aliphatic heterocycles. The fourth-order valence-corrected chi connectivity index (χ4v) is 2.42. The first-order chi connectivity index (χ1) is 10.8. The number of hydrogen-bond acceptors (Lipinski definition) is 6. The summed E-state index contributed by atoms with van der Waals surface area (Å²) in [5.41, 5.74) is 0.501. The number of ether oxygens (including phenoxy) is 2. The van der Waals surface area contributed by atoms with Crippen LogP contribution in [0.15, 0.2) is 12.1 Å². The first-order valence-electron chi connectivity index (χ1n) is 7.33. The van der Waals surface area contributed by atoms with Crippen molar-refractivity contribution in [1.29, 1.82) is 0 Å². The van der Waals surface area contributed by atoms with E-state index < -0.39 is 0 Å². The van der Waals surface area contributed by atoms with Crippen LogP contribution in [0.25, 0.3) is 0 Å². The van der Waals surface area contributed by atoms with Gasteiger partial charge < -0.3 is 19.3 Å². The molecule has 2 amide bonds. The number of nitrogens with zero attached hydrogens (tertiary/aromatic N) is 4. The average Bonchev–Trinajstić information content (AvgIpc) is 2.62. The molecule has 118 valence electrons. The molecule has 1 aromatic heterocycles. The van der Waals surface area contributed by atoms with Gasteiger partial charge in [0.05, 0.1) is 26.4 Å². The molecule has 2 fully saturated rings. The Balaban J connectivity index is 1.66. The molecule has 1 aromatic rings.